The molecule has 1 aromatic heterocycles. The summed E-state index contributed by atoms with van der Waals surface area (Å²) in [6, 6.07) is 12.6. The maximum Gasteiger partial charge on any atom is 0.260 e. The molecule has 1 N–H and O–H groups in total. The number of hydrogen-bond acceptors (Lipinski definition) is 5. The predicted octanol–water partition coefficient (Wildman–Crippen LogP) is 4.29. The number of hydrogen-bond donors (Lipinski definition) is 1. The van der Waals surface area contributed by atoms with Crippen LogP contribution >= 0.6 is 11.6 Å². The minimum absolute atomic E-state index is 0.233. The third kappa shape index (κ3) is 5.86. The minimum atomic E-state index is -3.76. The van der Waals surface area contributed by atoms with Crippen molar-refractivity contribution in [3.63, 3.8) is 0 Å². The van der Waals surface area contributed by atoms with E-state index in [2.05, 4.69) is 41.1 Å². The number of carbonyl (C=O) groups is 1. The summed E-state index contributed by atoms with van der Waals surface area (Å²) in [5.74, 6) is -0.196. The van der Waals surface area contributed by atoms with E-state index in [0.717, 1.165) is 44.3 Å². The number of aromatic nitrogens is 1. The van der Waals surface area contributed by atoms with Crippen molar-refractivity contribution in [2.24, 2.45) is 5.10 Å². The first-order valence-electron chi connectivity index (χ1n) is 10.8. The first-order valence-corrected chi connectivity index (χ1v) is 13.1. The molecule has 0 spiro atoms. The normalized spacial score (nSPS) is 11.6. The molecular formula is C25H29ClN4O4S. The molecule has 3 aromatic rings. The second-order valence-electron chi connectivity index (χ2n) is 8.28. The maximum absolute atomic E-state index is 12.5. The summed E-state index contributed by atoms with van der Waals surface area (Å²) in [7, 11) is -2.30. The largest absolute Gasteiger partial charge is 0.495 e. The SMILES string of the molecule is COc1ccc(N(CC(=O)N/N=C\c2cc(C)n(-c3c(C)cccc3C)c2C)S(C)(=O)=O)cc1Cl. The zero-order valence-corrected chi connectivity index (χ0v) is 22.2. The van der Waals surface area contributed by atoms with Crippen LogP contribution in [0.4, 0.5) is 5.69 Å². The lowest BCUT2D eigenvalue weighted by molar-refractivity contribution is -0.119. The molecule has 0 radical (unpaired) electrons. The van der Waals surface area contributed by atoms with Gasteiger partial charge in [0.1, 0.15) is 12.3 Å². The van der Waals surface area contributed by atoms with Crippen molar-refractivity contribution < 1.29 is 17.9 Å². The van der Waals surface area contributed by atoms with Gasteiger partial charge in [-0.1, -0.05) is 29.8 Å². The van der Waals surface area contributed by atoms with Crippen LogP contribution in [0.2, 0.25) is 5.02 Å². The van der Waals surface area contributed by atoms with Gasteiger partial charge in [0.25, 0.3) is 5.91 Å². The number of para-hydroxylation sites is 1. The van der Waals surface area contributed by atoms with Gasteiger partial charge >= 0.3 is 0 Å². The van der Waals surface area contributed by atoms with Crippen LogP contribution in [-0.4, -0.2) is 45.0 Å². The van der Waals surface area contributed by atoms with E-state index < -0.39 is 22.5 Å². The summed E-state index contributed by atoms with van der Waals surface area (Å²) >= 11 is 6.13. The van der Waals surface area contributed by atoms with Gasteiger partial charge < -0.3 is 9.30 Å². The van der Waals surface area contributed by atoms with E-state index in [0.29, 0.717) is 5.75 Å². The quantitative estimate of drug-likeness (QED) is 0.357. The molecule has 3 rings (SSSR count). The summed E-state index contributed by atoms with van der Waals surface area (Å²) in [4.78, 5) is 12.5. The second-order valence-corrected chi connectivity index (χ2v) is 10.6. The highest BCUT2D eigenvalue weighted by atomic mass is 35.5. The van der Waals surface area contributed by atoms with E-state index in [1.807, 2.05) is 26.0 Å². The Kier molecular flexibility index (Phi) is 7.92. The molecule has 0 saturated heterocycles. The van der Waals surface area contributed by atoms with Crippen LogP contribution in [0.15, 0.2) is 47.6 Å². The number of amides is 1. The number of ether oxygens (including phenoxy) is 1. The zero-order valence-electron chi connectivity index (χ0n) is 20.6. The fraction of sp³-hybridized carbons (Fsp3) is 0.280. The topological polar surface area (TPSA) is 93.0 Å². The molecule has 0 bridgehead atoms. The summed E-state index contributed by atoms with van der Waals surface area (Å²) in [5, 5.41) is 4.30. The van der Waals surface area contributed by atoms with Crippen molar-refractivity contribution in [2.45, 2.75) is 27.7 Å². The van der Waals surface area contributed by atoms with Crippen molar-refractivity contribution in [3.05, 3.63) is 75.6 Å². The van der Waals surface area contributed by atoms with Crippen molar-refractivity contribution >= 4 is 39.4 Å². The smallest absolute Gasteiger partial charge is 0.260 e. The Bertz CT molecular complexity index is 1380. The summed E-state index contributed by atoms with van der Waals surface area (Å²) in [6.07, 6.45) is 2.57. The number of benzene rings is 2. The Labute approximate surface area is 211 Å². The Morgan fingerprint density at radius 2 is 1.80 bits per heavy atom. The van der Waals surface area contributed by atoms with Crippen LogP contribution in [0, 0.1) is 27.7 Å². The molecule has 0 fully saturated rings. The first kappa shape index (κ1) is 26.3. The number of anilines is 1. The molecule has 0 saturated carbocycles. The molecule has 10 heteroatoms. The van der Waals surface area contributed by atoms with Gasteiger partial charge in [0.05, 0.1) is 36.0 Å². The Morgan fingerprint density at radius 3 is 2.37 bits per heavy atom. The maximum atomic E-state index is 12.5. The van der Waals surface area contributed by atoms with Crippen LogP contribution in [0.5, 0.6) is 5.75 Å². The molecule has 1 heterocycles. The molecule has 35 heavy (non-hydrogen) atoms. The predicted molar refractivity (Wildman–Crippen MR) is 141 cm³/mol. The van der Waals surface area contributed by atoms with Crippen LogP contribution in [0.25, 0.3) is 5.69 Å². The lowest BCUT2D eigenvalue weighted by Crippen LogP contribution is -2.39. The molecule has 1 amide bonds. The summed E-state index contributed by atoms with van der Waals surface area (Å²) in [6.45, 7) is 7.68. The van der Waals surface area contributed by atoms with Gasteiger partial charge in [-0.15, -0.1) is 0 Å². The van der Waals surface area contributed by atoms with Gasteiger partial charge in [-0.25, -0.2) is 13.8 Å². The van der Waals surface area contributed by atoms with Gasteiger partial charge in [-0.05, 0) is 63.1 Å². The first-order chi connectivity index (χ1) is 16.4. The van der Waals surface area contributed by atoms with Gasteiger partial charge in [-0.3, -0.25) is 9.10 Å². The van der Waals surface area contributed by atoms with Crippen molar-refractivity contribution in [1.29, 1.82) is 0 Å². The molecule has 186 valence electrons. The fourth-order valence-corrected chi connectivity index (χ4v) is 5.07. The molecule has 2 aromatic carbocycles. The molecule has 0 aliphatic heterocycles. The summed E-state index contributed by atoms with van der Waals surface area (Å²) < 4.78 is 32.9. The van der Waals surface area contributed by atoms with Crippen LogP contribution in [-0.2, 0) is 14.8 Å². The molecule has 0 unspecified atom stereocenters. The van der Waals surface area contributed by atoms with Gasteiger partial charge in [-0.2, -0.15) is 5.10 Å². The molecule has 0 aliphatic rings. The second kappa shape index (κ2) is 10.5. The number of sulfonamides is 1. The summed E-state index contributed by atoms with van der Waals surface area (Å²) in [5.41, 5.74) is 8.94. The van der Waals surface area contributed by atoms with Crippen LogP contribution < -0.4 is 14.5 Å². The van der Waals surface area contributed by atoms with E-state index in [1.165, 1.54) is 25.3 Å². The van der Waals surface area contributed by atoms with Gasteiger partial charge in [0.2, 0.25) is 10.0 Å². The number of aryl methyl sites for hydroxylation is 3. The standard InChI is InChI=1S/C25H29ClN4O4S/c1-16-8-7-9-17(2)25(16)30-18(3)12-20(19(30)4)14-27-28-24(31)15-29(35(6,32)33)21-10-11-23(34-5)22(26)13-21/h7-14H,15H2,1-6H3,(H,28,31)/b27-14-. The van der Waals surface area contributed by atoms with Crippen molar-refractivity contribution in [3.8, 4) is 11.4 Å². The van der Waals surface area contributed by atoms with Crippen LogP contribution in [0.3, 0.4) is 0 Å². The van der Waals surface area contributed by atoms with E-state index in [-0.39, 0.29) is 10.7 Å². The lowest BCUT2D eigenvalue weighted by Gasteiger charge is -2.22. The van der Waals surface area contributed by atoms with E-state index in [9.17, 15) is 13.2 Å². The number of hydrazone groups is 1. The van der Waals surface area contributed by atoms with Crippen molar-refractivity contribution in [2.75, 3.05) is 24.2 Å². The Balaban J connectivity index is 1.78. The monoisotopic (exact) mass is 516 g/mol. The third-order valence-corrected chi connectivity index (χ3v) is 7.07. The molecule has 8 nitrogen and oxygen atoms in total. The minimum Gasteiger partial charge on any atom is -0.495 e. The average molecular weight is 517 g/mol. The molecule has 0 aliphatic carbocycles. The highest BCUT2D eigenvalue weighted by Crippen LogP contribution is 2.30. The van der Waals surface area contributed by atoms with E-state index in [1.54, 1.807) is 6.21 Å². The van der Waals surface area contributed by atoms with E-state index in [4.69, 9.17) is 16.3 Å². The molecular weight excluding hydrogens is 488 g/mol. The number of halogens is 1. The van der Waals surface area contributed by atoms with E-state index >= 15 is 0 Å². The highest BCUT2D eigenvalue weighted by molar-refractivity contribution is 7.92. The highest BCUT2D eigenvalue weighted by Gasteiger charge is 2.22. The number of methoxy groups -OCH3 is 1. The van der Waals surface area contributed by atoms with Gasteiger partial charge in [0, 0.05) is 17.0 Å². The number of carbonyl (C=O) groups excluding carboxylic acids is 1. The van der Waals surface area contributed by atoms with Gasteiger partial charge in [0.15, 0.2) is 0 Å². The number of nitrogens with one attached hydrogen (secondary N) is 1. The Morgan fingerprint density at radius 1 is 1.14 bits per heavy atom. The molecule has 0 atom stereocenters. The number of rotatable bonds is 8. The zero-order chi connectivity index (χ0) is 25.9. The Hall–Kier alpha value is -3.30. The average Bonchev–Trinajstić information content (AvgIpc) is 3.04. The fourth-order valence-electron chi connectivity index (χ4n) is 3.97. The van der Waals surface area contributed by atoms with Crippen molar-refractivity contribution in [1.82, 2.24) is 9.99 Å². The number of nitrogens with zero attached hydrogens (tertiary/aromatic N) is 3. The third-order valence-electron chi connectivity index (χ3n) is 5.64. The van der Waals surface area contributed by atoms with Crippen LogP contribution in [0.1, 0.15) is 28.1 Å². The lowest BCUT2D eigenvalue weighted by atomic mass is 10.1.